The number of hydrogen-bond acceptors (Lipinski definition) is 1. The minimum Gasteiger partial charge on any atom is -0.321 e. The van der Waals surface area contributed by atoms with Crippen LogP contribution < -0.4 is 0 Å². The zero-order valence-corrected chi connectivity index (χ0v) is 4.73. The molecule has 1 aliphatic rings. The van der Waals surface area contributed by atoms with Crippen molar-refractivity contribution in [3.63, 3.8) is 0 Å². The second kappa shape index (κ2) is 1.46. The fourth-order valence-electron chi connectivity index (χ4n) is 0.661. The molecule has 1 heteroatoms. The summed E-state index contributed by atoms with van der Waals surface area (Å²) in [6.07, 6.45) is 1.16. The Balaban J connectivity index is 2.40. The lowest BCUT2D eigenvalue weighted by Crippen LogP contribution is -2.32. The molecular weight excluding hydrogens is 86.1 g/mol. The highest BCUT2D eigenvalue weighted by molar-refractivity contribution is 5.18. The van der Waals surface area contributed by atoms with Gasteiger partial charge < -0.3 is 4.90 Å². The molecule has 0 aliphatic carbocycles. The van der Waals surface area contributed by atoms with Gasteiger partial charge in [-0.1, -0.05) is 12.8 Å². The fourth-order valence-corrected chi connectivity index (χ4v) is 0.661. The molecule has 1 unspecified atom stereocenters. The Morgan fingerprint density at radius 2 is 2.43 bits per heavy atom. The minimum atomic E-state index is 0.556. The van der Waals surface area contributed by atoms with Gasteiger partial charge in [-0.15, -0.1) is 0 Å². The topological polar surface area (TPSA) is 3.24 Å². The summed E-state index contributed by atoms with van der Waals surface area (Å²) in [5, 5.41) is 0. The molecule has 0 saturated carbocycles. The van der Waals surface area contributed by atoms with Crippen LogP contribution in [0.25, 0.3) is 0 Å². The van der Waals surface area contributed by atoms with Gasteiger partial charge in [0.25, 0.3) is 0 Å². The van der Waals surface area contributed by atoms with Gasteiger partial charge in [-0.3, -0.25) is 0 Å². The highest BCUT2D eigenvalue weighted by Crippen LogP contribution is 2.04. The number of hydrogen-bond donors (Lipinski definition) is 0. The zero-order chi connectivity index (χ0) is 5.28. The van der Waals surface area contributed by atoms with Crippen molar-refractivity contribution in [2.24, 2.45) is 0 Å². The standard InChI is InChI=1S/C6H9N/c1-3-6-4-5-7(6)2/h6H,3H2,1-2H3. The molecule has 1 rings (SSSR count). The monoisotopic (exact) mass is 95.1 g/mol. The molecular formula is C6H9N. The third-order valence-corrected chi connectivity index (χ3v) is 1.26. The minimum absolute atomic E-state index is 0.556. The maximum Gasteiger partial charge on any atom is 0.0990 e. The molecule has 0 bridgehead atoms. The van der Waals surface area contributed by atoms with Gasteiger partial charge >= 0.3 is 0 Å². The summed E-state index contributed by atoms with van der Waals surface area (Å²) in [7, 11) is 2.02. The molecule has 0 aromatic heterocycles. The Morgan fingerprint density at radius 1 is 1.71 bits per heavy atom. The van der Waals surface area contributed by atoms with Gasteiger partial charge in [0.05, 0.1) is 6.04 Å². The number of rotatable bonds is 1. The molecule has 0 spiro atoms. The molecule has 0 aromatic carbocycles. The summed E-state index contributed by atoms with van der Waals surface area (Å²) in [4.78, 5) is 2.04. The van der Waals surface area contributed by atoms with Crippen molar-refractivity contribution in [3.8, 4) is 12.0 Å². The average Bonchev–Trinajstić information content (AvgIpc) is 1.65. The van der Waals surface area contributed by atoms with E-state index in [9.17, 15) is 0 Å². The van der Waals surface area contributed by atoms with E-state index in [2.05, 4.69) is 18.9 Å². The lowest BCUT2D eigenvalue weighted by atomic mass is 10.1. The lowest BCUT2D eigenvalue weighted by Gasteiger charge is -2.24. The summed E-state index contributed by atoms with van der Waals surface area (Å²) >= 11 is 0. The Labute approximate surface area is 44.3 Å². The smallest absolute Gasteiger partial charge is 0.0990 e. The van der Waals surface area contributed by atoms with Crippen LogP contribution in [0.2, 0.25) is 0 Å². The Bertz CT molecular complexity index is 118. The van der Waals surface area contributed by atoms with Crippen LogP contribution >= 0.6 is 0 Å². The van der Waals surface area contributed by atoms with Crippen molar-refractivity contribution in [3.05, 3.63) is 0 Å². The van der Waals surface area contributed by atoms with Gasteiger partial charge in [0.1, 0.15) is 0 Å². The van der Waals surface area contributed by atoms with Gasteiger partial charge in [-0.2, -0.15) is 0 Å². The third kappa shape index (κ3) is 0.564. The molecule has 0 fully saturated rings. The maximum atomic E-state index is 3.02. The molecule has 0 saturated heterocycles. The average molecular weight is 95.1 g/mol. The van der Waals surface area contributed by atoms with E-state index in [0.717, 1.165) is 6.42 Å². The maximum absolute atomic E-state index is 3.02. The van der Waals surface area contributed by atoms with Gasteiger partial charge in [-0.25, -0.2) is 0 Å². The van der Waals surface area contributed by atoms with E-state index < -0.39 is 0 Å². The van der Waals surface area contributed by atoms with Crippen LogP contribution in [-0.2, 0) is 0 Å². The lowest BCUT2D eigenvalue weighted by molar-refractivity contribution is 0.375. The van der Waals surface area contributed by atoms with Crippen molar-refractivity contribution >= 4 is 0 Å². The summed E-state index contributed by atoms with van der Waals surface area (Å²) in [6.45, 7) is 2.15. The van der Waals surface area contributed by atoms with Crippen LogP contribution in [-0.4, -0.2) is 18.0 Å². The van der Waals surface area contributed by atoms with Crippen LogP contribution in [0.4, 0.5) is 0 Å². The van der Waals surface area contributed by atoms with E-state index in [1.54, 1.807) is 0 Å². The zero-order valence-electron chi connectivity index (χ0n) is 4.73. The van der Waals surface area contributed by atoms with E-state index in [1.165, 1.54) is 0 Å². The normalized spacial score (nSPS) is 25.4. The van der Waals surface area contributed by atoms with E-state index in [0.29, 0.717) is 6.04 Å². The van der Waals surface area contributed by atoms with Gasteiger partial charge in [0.15, 0.2) is 0 Å². The van der Waals surface area contributed by atoms with Crippen LogP contribution in [0.1, 0.15) is 13.3 Å². The van der Waals surface area contributed by atoms with Crippen molar-refractivity contribution in [2.75, 3.05) is 7.05 Å². The molecule has 0 amide bonds. The first-order chi connectivity index (χ1) is 3.34. The van der Waals surface area contributed by atoms with Crippen molar-refractivity contribution in [2.45, 2.75) is 19.4 Å². The third-order valence-electron chi connectivity index (χ3n) is 1.26. The molecule has 0 radical (unpaired) electrons. The summed E-state index contributed by atoms with van der Waals surface area (Å²) in [5.41, 5.74) is 0. The van der Waals surface area contributed by atoms with Crippen molar-refractivity contribution in [1.82, 2.24) is 4.90 Å². The molecule has 0 N–H and O–H groups in total. The predicted molar refractivity (Wildman–Crippen MR) is 29.6 cm³/mol. The summed E-state index contributed by atoms with van der Waals surface area (Å²) in [6, 6.07) is 3.45. The first-order valence-corrected chi connectivity index (χ1v) is 2.58. The Hall–Kier alpha value is -0.640. The summed E-state index contributed by atoms with van der Waals surface area (Å²) < 4.78 is 0. The van der Waals surface area contributed by atoms with E-state index in [-0.39, 0.29) is 0 Å². The van der Waals surface area contributed by atoms with E-state index >= 15 is 0 Å². The quantitative estimate of drug-likeness (QED) is 0.433. The largest absolute Gasteiger partial charge is 0.321 e. The first kappa shape index (κ1) is 4.52. The molecule has 38 valence electrons. The highest BCUT2D eigenvalue weighted by atomic mass is 15.1. The van der Waals surface area contributed by atoms with Crippen LogP contribution in [0, 0.1) is 12.0 Å². The molecule has 1 atom stereocenters. The predicted octanol–water partition coefficient (Wildman–Crippen LogP) is 0.671. The van der Waals surface area contributed by atoms with Crippen LogP contribution in [0.3, 0.4) is 0 Å². The SMILES string of the molecule is CCC1C#CN1C. The second-order valence-corrected chi connectivity index (χ2v) is 1.79. The highest BCUT2D eigenvalue weighted by Gasteiger charge is 2.11. The van der Waals surface area contributed by atoms with Crippen molar-refractivity contribution < 1.29 is 0 Å². The van der Waals surface area contributed by atoms with E-state index in [1.807, 2.05) is 11.9 Å². The number of nitrogens with zero attached hydrogens (tertiary/aromatic N) is 1. The summed E-state index contributed by atoms with van der Waals surface area (Å²) in [5.74, 6) is 3.02. The molecule has 7 heavy (non-hydrogen) atoms. The van der Waals surface area contributed by atoms with Crippen molar-refractivity contribution in [1.29, 1.82) is 0 Å². The van der Waals surface area contributed by atoms with Gasteiger partial charge in [0, 0.05) is 13.1 Å². The Morgan fingerprint density at radius 3 is 2.43 bits per heavy atom. The molecule has 1 nitrogen and oxygen atoms in total. The molecule has 1 aliphatic heterocycles. The fraction of sp³-hybridized carbons (Fsp3) is 0.667. The van der Waals surface area contributed by atoms with Gasteiger partial charge in [-0.05, 0) is 6.42 Å². The molecule has 1 heterocycles. The van der Waals surface area contributed by atoms with Crippen LogP contribution in [0.5, 0.6) is 0 Å². The second-order valence-electron chi connectivity index (χ2n) is 1.79. The molecule has 0 aromatic rings. The first-order valence-electron chi connectivity index (χ1n) is 2.58. The van der Waals surface area contributed by atoms with Crippen LogP contribution in [0.15, 0.2) is 0 Å². The van der Waals surface area contributed by atoms with E-state index in [4.69, 9.17) is 0 Å². The van der Waals surface area contributed by atoms with Gasteiger partial charge in [0.2, 0.25) is 0 Å². The Kier molecular flexibility index (Phi) is 0.941.